The van der Waals surface area contributed by atoms with Gasteiger partial charge in [0, 0.05) is 6.54 Å². The SMILES string of the molecule is CCCN(CC#N)C(=O)C(Cl)(Cl)Cl. The van der Waals surface area contributed by atoms with Crippen molar-refractivity contribution in [1.29, 1.82) is 5.26 Å². The van der Waals surface area contributed by atoms with Crippen LogP contribution >= 0.6 is 34.8 Å². The molecule has 0 heterocycles. The van der Waals surface area contributed by atoms with Gasteiger partial charge >= 0.3 is 0 Å². The van der Waals surface area contributed by atoms with Gasteiger partial charge in [-0.05, 0) is 6.42 Å². The Bertz CT molecular complexity index is 219. The van der Waals surface area contributed by atoms with Crippen LogP contribution in [-0.4, -0.2) is 27.7 Å². The highest BCUT2D eigenvalue weighted by Crippen LogP contribution is 2.28. The summed E-state index contributed by atoms with van der Waals surface area (Å²) in [5.74, 6) is -0.652. The summed E-state index contributed by atoms with van der Waals surface area (Å²) >= 11 is 16.1. The molecular formula is C7H9Cl3N2O. The van der Waals surface area contributed by atoms with Crippen LogP contribution in [0.25, 0.3) is 0 Å². The molecule has 0 saturated heterocycles. The number of amides is 1. The van der Waals surface area contributed by atoms with Crippen LogP contribution in [0.3, 0.4) is 0 Å². The third-order valence-electron chi connectivity index (χ3n) is 1.28. The average molecular weight is 244 g/mol. The molecule has 0 atom stereocenters. The molecule has 3 nitrogen and oxygen atoms in total. The molecule has 0 aromatic heterocycles. The molecule has 74 valence electrons. The fraction of sp³-hybridized carbons (Fsp3) is 0.714. The number of nitriles is 1. The Kier molecular flexibility index (Phi) is 5.46. The summed E-state index contributed by atoms with van der Waals surface area (Å²) in [7, 11) is 0. The summed E-state index contributed by atoms with van der Waals surface area (Å²) in [5, 5.41) is 8.40. The van der Waals surface area contributed by atoms with Crippen LogP contribution in [0.15, 0.2) is 0 Å². The van der Waals surface area contributed by atoms with Crippen LogP contribution in [-0.2, 0) is 4.79 Å². The van der Waals surface area contributed by atoms with Gasteiger partial charge in [0.2, 0.25) is 0 Å². The van der Waals surface area contributed by atoms with Crippen molar-refractivity contribution in [2.75, 3.05) is 13.1 Å². The van der Waals surface area contributed by atoms with Crippen molar-refractivity contribution in [1.82, 2.24) is 4.90 Å². The molecule has 0 aromatic carbocycles. The summed E-state index contributed by atoms with van der Waals surface area (Å²) in [4.78, 5) is 12.5. The quantitative estimate of drug-likeness (QED) is 0.563. The van der Waals surface area contributed by atoms with E-state index in [9.17, 15) is 4.79 Å². The van der Waals surface area contributed by atoms with Gasteiger partial charge in [0.05, 0.1) is 6.07 Å². The third kappa shape index (κ3) is 4.56. The molecule has 6 heteroatoms. The Labute approximate surface area is 92.2 Å². The van der Waals surface area contributed by atoms with Gasteiger partial charge in [-0.25, -0.2) is 0 Å². The second kappa shape index (κ2) is 5.54. The van der Waals surface area contributed by atoms with Crippen molar-refractivity contribution in [3.63, 3.8) is 0 Å². The predicted molar refractivity (Wildman–Crippen MR) is 52.8 cm³/mol. The number of alkyl halides is 3. The molecular weight excluding hydrogens is 234 g/mol. The van der Waals surface area contributed by atoms with Crippen molar-refractivity contribution in [3.05, 3.63) is 0 Å². The molecule has 0 N–H and O–H groups in total. The van der Waals surface area contributed by atoms with Crippen LogP contribution in [0.4, 0.5) is 0 Å². The largest absolute Gasteiger partial charge is 0.326 e. The van der Waals surface area contributed by atoms with Gasteiger partial charge in [-0.15, -0.1) is 0 Å². The molecule has 0 spiro atoms. The summed E-state index contributed by atoms with van der Waals surface area (Å²) in [6.45, 7) is 2.23. The summed E-state index contributed by atoms with van der Waals surface area (Å²) < 4.78 is -1.97. The van der Waals surface area contributed by atoms with E-state index in [2.05, 4.69) is 0 Å². The summed E-state index contributed by atoms with van der Waals surface area (Å²) in [6.07, 6.45) is 0.716. The van der Waals surface area contributed by atoms with Gasteiger partial charge < -0.3 is 4.90 Å². The molecule has 0 fully saturated rings. The van der Waals surface area contributed by atoms with Crippen molar-refractivity contribution in [3.8, 4) is 6.07 Å². The first-order valence-electron chi connectivity index (χ1n) is 3.66. The Morgan fingerprint density at radius 3 is 2.38 bits per heavy atom. The molecule has 0 aliphatic carbocycles. The van der Waals surface area contributed by atoms with E-state index in [1.165, 1.54) is 4.90 Å². The number of hydrogen-bond donors (Lipinski definition) is 0. The smallest absolute Gasteiger partial charge is 0.275 e. The monoisotopic (exact) mass is 242 g/mol. The molecule has 0 aromatic rings. The minimum atomic E-state index is -1.97. The van der Waals surface area contributed by atoms with Gasteiger partial charge in [0.1, 0.15) is 6.54 Å². The first-order valence-corrected chi connectivity index (χ1v) is 4.80. The Morgan fingerprint density at radius 1 is 1.54 bits per heavy atom. The maximum absolute atomic E-state index is 11.3. The Hall–Kier alpha value is -0.170. The van der Waals surface area contributed by atoms with Crippen molar-refractivity contribution >= 4 is 40.7 Å². The number of rotatable bonds is 3. The van der Waals surface area contributed by atoms with E-state index in [0.29, 0.717) is 13.0 Å². The van der Waals surface area contributed by atoms with Gasteiger partial charge in [-0.2, -0.15) is 5.26 Å². The molecule has 0 saturated carbocycles. The van der Waals surface area contributed by atoms with Gasteiger partial charge in [-0.1, -0.05) is 41.7 Å². The van der Waals surface area contributed by atoms with E-state index in [-0.39, 0.29) is 6.54 Å². The second-order valence-corrected chi connectivity index (χ2v) is 4.66. The lowest BCUT2D eigenvalue weighted by atomic mass is 10.4. The molecule has 1 amide bonds. The molecule has 0 radical (unpaired) electrons. The average Bonchev–Trinajstić information content (AvgIpc) is 2.01. The standard InChI is InChI=1S/C7H9Cl3N2O/c1-2-4-12(5-3-11)6(13)7(8,9)10/h2,4-5H2,1H3. The molecule has 0 unspecified atom stereocenters. The van der Waals surface area contributed by atoms with E-state index >= 15 is 0 Å². The minimum absolute atomic E-state index is 0.0550. The zero-order valence-corrected chi connectivity index (χ0v) is 9.33. The Balaban J connectivity index is 4.38. The lowest BCUT2D eigenvalue weighted by Crippen LogP contribution is -2.40. The van der Waals surface area contributed by atoms with Crippen molar-refractivity contribution in [2.24, 2.45) is 0 Å². The fourth-order valence-corrected chi connectivity index (χ4v) is 1.15. The lowest BCUT2D eigenvalue weighted by molar-refractivity contribution is -0.129. The fourth-order valence-electron chi connectivity index (χ4n) is 0.787. The topological polar surface area (TPSA) is 44.1 Å². The van der Waals surface area contributed by atoms with Crippen LogP contribution < -0.4 is 0 Å². The first-order chi connectivity index (χ1) is 5.93. The number of carbonyl (C=O) groups excluding carboxylic acids is 1. The van der Waals surface area contributed by atoms with Crippen molar-refractivity contribution in [2.45, 2.75) is 17.1 Å². The Morgan fingerprint density at radius 2 is 2.08 bits per heavy atom. The van der Waals surface area contributed by atoms with Crippen LogP contribution in [0, 0.1) is 11.3 Å². The maximum Gasteiger partial charge on any atom is 0.275 e. The number of hydrogen-bond acceptors (Lipinski definition) is 2. The number of nitrogens with zero attached hydrogens (tertiary/aromatic N) is 2. The molecule has 0 aliphatic heterocycles. The van der Waals surface area contributed by atoms with E-state index in [1.54, 1.807) is 0 Å². The van der Waals surface area contributed by atoms with Gasteiger partial charge in [0.15, 0.2) is 0 Å². The normalized spacial score (nSPS) is 10.7. The van der Waals surface area contributed by atoms with Crippen LogP contribution in [0.2, 0.25) is 0 Å². The second-order valence-electron chi connectivity index (χ2n) is 2.38. The zero-order chi connectivity index (χ0) is 10.5. The highest BCUT2D eigenvalue weighted by atomic mass is 35.6. The van der Waals surface area contributed by atoms with E-state index in [1.807, 2.05) is 13.0 Å². The number of halogens is 3. The first kappa shape index (κ1) is 12.8. The van der Waals surface area contributed by atoms with E-state index in [0.717, 1.165) is 0 Å². The van der Waals surface area contributed by atoms with Gasteiger partial charge in [0.25, 0.3) is 9.70 Å². The molecule has 13 heavy (non-hydrogen) atoms. The van der Waals surface area contributed by atoms with Crippen LogP contribution in [0.5, 0.6) is 0 Å². The zero-order valence-electron chi connectivity index (χ0n) is 7.06. The van der Waals surface area contributed by atoms with Crippen LogP contribution in [0.1, 0.15) is 13.3 Å². The highest BCUT2D eigenvalue weighted by Gasteiger charge is 2.34. The minimum Gasteiger partial charge on any atom is -0.326 e. The maximum atomic E-state index is 11.3. The molecule has 0 aliphatic rings. The lowest BCUT2D eigenvalue weighted by Gasteiger charge is -2.22. The summed E-state index contributed by atoms with van der Waals surface area (Å²) in [5.41, 5.74) is 0. The van der Waals surface area contributed by atoms with E-state index in [4.69, 9.17) is 40.1 Å². The number of carbonyl (C=O) groups is 1. The van der Waals surface area contributed by atoms with Crippen molar-refractivity contribution < 1.29 is 4.79 Å². The molecule has 0 bridgehead atoms. The third-order valence-corrected chi connectivity index (χ3v) is 1.77. The summed E-state index contributed by atoms with van der Waals surface area (Å²) in [6, 6.07) is 1.83. The molecule has 0 rings (SSSR count). The highest BCUT2D eigenvalue weighted by molar-refractivity contribution is 6.76. The van der Waals surface area contributed by atoms with Gasteiger partial charge in [-0.3, -0.25) is 4.79 Å². The predicted octanol–water partition coefficient (Wildman–Crippen LogP) is 2.12. The van der Waals surface area contributed by atoms with E-state index < -0.39 is 9.70 Å².